The van der Waals surface area contributed by atoms with Crippen LogP contribution < -0.4 is 0 Å². The lowest BCUT2D eigenvalue weighted by molar-refractivity contribution is -0.0584. The summed E-state index contributed by atoms with van der Waals surface area (Å²) < 4.78 is 0. The second-order valence-corrected chi connectivity index (χ2v) is 13.0. The van der Waals surface area contributed by atoms with Gasteiger partial charge in [-0.2, -0.15) is 0 Å². The molecule has 0 aromatic heterocycles. The van der Waals surface area contributed by atoms with E-state index in [2.05, 4.69) is 40.7 Å². The zero-order valence-corrected chi connectivity index (χ0v) is 19.8. The summed E-state index contributed by atoms with van der Waals surface area (Å²) in [7, 11) is 0. The highest BCUT2D eigenvalue weighted by Crippen LogP contribution is 2.68. The summed E-state index contributed by atoms with van der Waals surface area (Å²) in [6, 6.07) is 0. The number of aliphatic hydroxyl groups excluding tert-OH is 1. The molecule has 1 heteroatoms. The van der Waals surface area contributed by atoms with Crippen LogP contribution in [0, 0.1) is 58.2 Å². The average Bonchev–Trinajstić information content (AvgIpc) is 3.32. The van der Waals surface area contributed by atoms with Crippen LogP contribution in [-0.4, -0.2) is 11.2 Å². The minimum absolute atomic E-state index is 0.0752. The average molecular weight is 399 g/mol. The van der Waals surface area contributed by atoms with Gasteiger partial charge in [0.05, 0.1) is 6.10 Å². The van der Waals surface area contributed by atoms with E-state index >= 15 is 0 Å². The van der Waals surface area contributed by atoms with Crippen LogP contribution in [0.4, 0.5) is 0 Å². The fraction of sp³-hybridized carbons (Fsp3) is 0.929. The number of hydrogen-bond donors (Lipinski definition) is 1. The maximum atomic E-state index is 10.2. The third kappa shape index (κ3) is 3.19. The van der Waals surface area contributed by atoms with Crippen LogP contribution in [0.1, 0.15) is 98.8 Å². The molecule has 10 atom stereocenters. The highest BCUT2D eigenvalue weighted by Gasteiger charge is 2.60. The van der Waals surface area contributed by atoms with E-state index in [-0.39, 0.29) is 6.10 Å². The number of rotatable bonds is 4. The molecular formula is C28H46O. The van der Waals surface area contributed by atoms with E-state index in [9.17, 15) is 5.11 Å². The van der Waals surface area contributed by atoms with Crippen molar-refractivity contribution in [2.75, 3.05) is 0 Å². The highest BCUT2D eigenvalue weighted by molar-refractivity contribution is 5.25. The van der Waals surface area contributed by atoms with Crippen LogP contribution in [0.2, 0.25) is 0 Å². The van der Waals surface area contributed by atoms with Gasteiger partial charge >= 0.3 is 0 Å². The Bertz CT molecular complexity index is 663. The summed E-state index contributed by atoms with van der Waals surface area (Å²) in [6.45, 7) is 12.7. The van der Waals surface area contributed by atoms with Crippen LogP contribution in [0.5, 0.6) is 0 Å². The van der Waals surface area contributed by atoms with E-state index in [1.165, 1.54) is 51.4 Å². The summed E-state index contributed by atoms with van der Waals surface area (Å²) in [6.07, 6.45) is 16.0. The number of hydrogen-bond acceptors (Lipinski definition) is 1. The molecule has 5 aliphatic carbocycles. The quantitative estimate of drug-likeness (QED) is 0.495. The Balaban J connectivity index is 1.34. The number of aliphatic hydroxyl groups is 1. The standard InChI is InChI=1S/C28H46O/c1-17(2)14-19-15-23(19)18(3)24-8-9-25-22-7-6-20-16-21(29)10-12-27(20,4)26(22)11-13-28(24,25)5/h6,17-19,21-26,29H,7-16H2,1-5H3/t18-,19-,21+,22+,23+,24-,25+,26+,27+,28-/m1/s1. The van der Waals surface area contributed by atoms with Gasteiger partial charge in [-0.1, -0.05) is 46.3 Å². The minimum Gasteiger partial charge on any atom is -0.393 e. The summed E-state index contributed by atoms with van der Waals surface area (Å²) in [5.41, 5.74) is 2.62. The molecule has 29 heavy (non-hydrogen) atoms. The molecule has 0 amide bonds. The maximum Gasteiger partial charge on any atom is 0.0577 e. The lowest BCUT2D eigenvalue weighted by Gasteiger charge is -2.58. The first-order valence-corrected chi connectivity index (χ1v) is 13.1. The smallest absolute Gasteiger partial charge is 0.0577 e. The van der Waals surface area contributed by atoms with Gasteiger partial charge in [0, 0.05) is 0 Å². The van der Waals surface area contributed by atoms with Crippen molar-refractivity contribution >= 4 is 0 Å². The van der Waals surface area contributed by atoms with Crippen molar-refractivity contribution in [2.45, 2.75) is 105 Å². The molecule has 1 nitrogen and oxygen atoms in total. The van der Waals surface area contributed by atoms with E-state index in [4.69, 9.17) is 0 Å². The van der Waals surface area contributed by atoms with Crippen LogP contribution >= 0.6 is 0 Å². The van der Waals surface area contributed by atoms with Gasteiger partial charge in [-0.05, 0) is 122 Å². The Morgan fingerprint density at radius 3 is 2.59 bits per heavy atom. The van der Waals surface area contributed by atoms with Gasteiger partial charge in [-0.15, -0.1) is 0 Å². The summed E-state index contributed by atoms with van der Waals surface area (Å²) >= 11 is 0. The molecule has 0 unspecified atom stereocenters. The van der Waals surface area contributed by atoms with Crippen molar-refractivity contribution in [3.05, 3.63) is 11.6 Å². The molecule has 4 saturated carbocycles. The fourth-order valence-corrected chi connectivity index (χ4v) is 9.64. The molecule has 0 heterocycles. The molecule has 0 aromatic carbocycles. The first kappa shape index (κ1) is 20.6. The second-order valence-electron chi connectivity index (χ2n) is 13.0. The van der Waals surface area contributed by atoms with E-state index in [1.54, 1.807) is 5.57 Å². The van der Waals surface area contributed by atoms with Crippen molar-refractivity contribution in [3.63, 3.8) is 0 Å². The highest BCUT2D eigenvalue weighted by atomic mass is 16.3. The molecule has 0 spiro atoms. The van der Waals surface area contributed by atoms with Gasteiger partial charge in [0.2, 0.25) is 0 Å². The topological polar surface area (TPSA) is 20.2 Å². The van der Waals surface area contributed by atoms with Gasteiger partial charge in [0.25, 0.3) is 0 Å². The number of allylic oxidation sites excluding steroid dienone is 1. The first-order valence-electron chi connectivity index (χ1n) is 13.1. The molecule has 0 radical (unpaired) electrons. The van der Waals surface area contributed by atoms with Gasteiger partial charge in [0.15, 0.2) is 0 Å². The van der Waals surface area contributed by atoms with Gasteiger partial charge in [-0.25, -0.2) is 0 Å². The van der Waals surface area contributed by atoms with Crippen LogP contribution in [0.25, 0.3) is 0 Å². The summed E-state index contributed by atoms with van der Waals surface area (Å²) in [5, 5.41) is 10.2. The van der Waals surface area contributed by atoms with Crippen molar-refractivity contribution in [1.29, 1.82) is 0 Å². The molecule has 0 aromatic rings. The molecule has 0 saturated heterocycles. The molecule has 5 aliphatic rings. The lowest BCUT2D eigenvalue weighted by atomic mass is 9.47. The minimum atomic E-state index is -0.0752. The van der Waals surface area contributed by atoms with E-state index in [0.717, 1.165) is 60.2 Å². The van der Waals surface area contributed by atoms with Gasteiger partial charge < -0.3 is 5.11 Å². The third-order valence-corrected chi connectivity index (χ3v) is 11.2. The van der Waals surface area contributed by atoms with Gasteiger partial charge in [0.1, 0.15) is 0 Å². The van der Waals surface area contributed by atoms with E-state index < -0.39 is 0 Å². The largest absolute Gasteiger partial charge is 0.393 e. The Labute approximate surface area is 180 Å². The molecule has 1 N–H and O–H groups in total. The van der Waals surface area contributed by atoms with Crippen molar-refractivity contribution in [3.8, 4) is 0 Å². The Morgan fingerprint density at radius 1 is 1.03 bits per heavy atom. The summed E-state index contributed by atoms with van der Waals surface area (Å²) in [5.74, 6) is 7.62. The maximum absolute atomic E-state index is 10.2. The fourth-order valence-electron chi connectivity index (χ4n) is 9.64. The van der Waals surface area contributed by atoms with Crippen molar-refractivity contribution in [2.24, 2.45) is 58.2 Å². The first-order chi connectivity index (χ1) is 13.7. The van der Waals surface area contributed by atoms with Crippen LogP contribution in [0.3, 0.4) is 0 Å². The Hall–Kier alpha value is -0.300. The monoisotopic (exact) mass is 398 g/mol. The predicted octanol–water partition coefficient (Wildman–Crippen LogP) is 7.24. The molecule has 4 fully saturated rings. The zero-order valence-electron chi connectivity index (χ0n) is 19.8. The lowest BCUT2D eigenvalue weighted by Crippen LogP contribution is -2.50. The molecule has 164 valence electrons. The Kier molecular flexibility index (Phi) is 5.05. The van der Waals surface area contributed by atoms with Crippen molar-refractivity contribution < 1.29 is 5.11 Å². The summed E-state index contributed by atoms with van der Waals surface area (Å²) in [4.78, 5) is 0. The normalized spacial score (nSPS) is 52.4. The van der Waals surface area contributed by atoms with Crippen molar-refractivity contribution in [1.82, 2.24) is 0 Å². The number of fused-ring (bicyclic) bond motifs is 5. The molecule has 0 aliphatic heterocycles. The third-order valence-electron chi connectivity index (χ3n) is 11.2. The van der Waals surface area contributed by atoms with E-state index in [1.807, 2.05) is 0 Å². The molecular weight excluding hydrogens is 352 g/mol. The Morgan fingerprint density at radius 2 is 1.83 bits per heavy atom. The molecule has 0 bridgehead atoms. The van der Waals surface area contributed by atoms with E-state index in [0.29, 0.717) is 10.8 Å². The van der Waals surface area contributed by atoms with Crippen LogP contribution in [0.15, 0.2) is 11.6 Å². The second kappa shape index (κ2) is 7.11. The van der Waals surface area contributed by atoms with Crippen LogP contribution in [-0.2, 0) is 0 Å². The molecule has 5 rings (SSSR count). The zero-order chi connectivity index (χ0) is 20.6. The predicted molar refractivity (Wildman–Crippen MR) is 121 cm³/mol. The SMILES string of the molecule is CC(C)C[C@@H]1C[C@H]1[C@@H](C)[C@H]1CC[C@H]2[C@@H]3CC=C4C[C@@H](O)CC[C@]4(C)[C@H]3CC[C@]12C. The van der Waals surface area contributed by atoms with Gasteiger partial charge in [-0.3, -0.25) is 0 Å².